The van der Waals surface area contributed by atoms with Crippen molar-refractivity contribution >= 4 is 16.9 Å². The molecule has 1 saturated heterocycles. The van der Waals surface area contributed by atoms with Crippen LogP contribution in [0.25, 0.3) is 10.9 Å². The van der Waals surface area contributed by atoms with Gasteiger partial charge in [0.1, 0.15) is 0 Å². The average Bonchev–Trinajstić information content (AvgIpc) is 3.09. The molecular formula is C22H26N2O3. The number of para-hydroxylation sites is 1. The van der Waals surface area contributed by atoms with Crippen LogP contribution >= 0.6 is 0 Å². The van der Waals surface area contributed by atoms with Crippen molar-refractivity contribution in [3.8, 4) is 0 Å². The third kappa shape index (κ3) is 2.96. The summed E-state index contributed by atoms with van der Waals surface area (Å²) in [6, 6.07) is 8.74. The van der Waals surface area contributed by atoms with Crippen molar-refractivity contribution < 1.29 is 14.3 Å². The van der Waals surface area contributed by atoms with Gasteiger partial charge in [0, 0.05) is 35.6 Å². The predicted octanol–water partition coefficient (Wildman–Crippen LogP) is 3.59. The quantitative estimate of drug-likeness (QED) is 0.389. The summed E-state index contributed by atoms with van der Waals surface area (Å²) >= 11 is 0. The SMILES string of the molecule is C=C[C@@H]1CN2CCc3c([nH]c4ccccc34)[C@H]2C[C@H]1/C(=C/OC)C(=O)OC. The molecule has 5 nitrogen and oxygen atoms in total. The number of carbonyl (C=O) groups excluding carboxylic acids is 1. The first-order chi connectivity index (χ1) is 13.2. The van der Waals surface area contributed by atoms with E-state index in [4.69, 9.17) is 9.47 Å². The van der Waals surface area contributed by atoms with Crippen LogP contribution in [0.4, 0.5) is 0 Å². The molecule has 0 aliphatic carbocycles. The molecule has 0 radical (unpaired) electrons. The number of hydrogen-bond acceptors (Lipinski definition) is 4. The number of fused-ring (bicyclic) bond motifs is 5. The molecule has 1 fully saturated rings. The Morgan fingerprint density at radius 1 is 1.33 bits per heavy atom. The standard InChI is InChI=1S/C22H26N2O3/c1-4-14-12-24-10-9-16-15-7-5-6-8-19(15)23-21(16)20(24)11-17(14)18(13-26-2)22(25)27-3/h4-8,13-14,17,20,23H,1,9-12H2,2-3H3/b18-13-/t14-,17-,20-/m1/s1. The van der Waals surface area contributed by atoms with E-state index in [1.165, 1.54) is 35.5 Å². The molecule has 1 N–H and O–H groups in total. The molecule has 0 bridgehead atoms. The smallest absolute Gasteiger partial charge is 0.337 e. The summed E-state index contributed by atoms with van der Waals surface area (Å²) in [5.41, 5.74) is 4.48. The molecule has 0 saturated carbocycles. The second-order valence-electron chi connectivity index (χ2n) is 7.37. The van der Waals surface area contributed by atoms with Crippen LogP contribution in [0, 0.1) is 11.8 Å². The topological polar surface area (TPSA) is 54.6 Å². The van der Waals surface area contributed by atoms with Crippen LogP contribution in [0.3, 0.4) is 0 Å². The summed E-state index contributed by atoms with van der Waals surface area (Å²) in [4.78, 5) is 18.5. The lowest BCUT2D eigenvalue weighted by atomic mass is 9.75. The molecule has 4 rings (SSSR count). The van der Waals surface area contributed by atoms with E-state index < -0.39 is 0 Å². The van der Waals surface area contributed by atoms with Crippen LogP contribution < -0.4 is 0 Å². The van der Waals surface area contributed by atoms with E-state index in [-0.39, 0.29) is 23.8 Å². The first-order valence-corrected chi connectivity index (χ1v) is 9.45. The van der Waals surface area contributed by atoms with Crippen molar-refractivity contribution in [2.24, 2.45) is 11.8 Å². The molecule has 2 aliphatic heterocycles. The van der Waals surface area contributed by atoms with Gasteiger partial charge in [0.15, 0.2) is 0 Å². The fraction of sp³-hybridized carbons (Fsp3) is 0.409. The zero-order chi connectivity index (χ0) is 19.0. The van der Waals surface area contributed by atoms with Crippen LogP contribution in [0.15, 0.2) is 48.8 Å². The highest BCUT2D eigenvalue weighted by molar-refractivity contribution is 5.89. The summed E-state index contributed by atoms with van der Waals surface area (Å²) in [7, 11) is 2.98. The predicted molar refractivity (Wildman–Crippen MR) is 105 cm³/mol. The molecule has 3 atom stereocenters. The molecule has 2 aromatic rings. The van der Waals surface area contributed by atoms with Gasteiger partial charge in [-0.1, -0.05) is 24.3 Å². The van der Waals surface area contributed by atoms with E-state index in [1.54, 1.807) is 7.11 Å². The molecule has 0 unspecified atom stereocenters. The molecule has 3 heterocycles. The lowest BCUT2D eigenvalue weighted by Gasteiger charge is -2.45. The minimum atomic E-state index is -0.324. The third-order valence-electron chi connectivity index (χ3n) is 6.08. The summed E-state index contributed by atoms with van der Waals surface area (Å²) in [6.07, 6.45) is 5.38. The number of aromatic amines is 1. The highest BCUT2D eigenvalue weighted by Crippen LogP contribution is 2.45. The highest BCUT2D eigenvalue weighted by Gasteiger charge is 2.42. The second-order valence-corrected chi connectivity index (χ2v) is 7.37. The minimum Gasteiger partial charge on any atom is -0.504 e. The van der Waals surface area contributed by atoms with Gasteiger partial charge in [-0.05, 0) is 30.4 Å². The number of aromatic nitrogens is 1. The van der Waals surface area contributed by atoms with Crippen molar-refractivity contribution in [3.63, 3.8) is 0 Å². The maximum absolute atomic E-state index is 12.4. The van der Waals surface area contributed by atoms with E-state index in [2.05, 4.69) is 40.7 Å². The van der Waals surface area contributed by atoms with Gasteiger partial charge in [0.05, 0.1) is 32.1 Å². The Balaban J connectivity index is 1.74. The Morgan fingerprint density at radius 3 is 2.89 bits per heavy atom. The molecule has 1 aromatic carbocycles. The monoisotopic (exact) mass is 366 g/mol. The largest absolute Gasteiger partial charge is 0.504 e. The summed E-state index contributed by atoms with van der Waals surface area (Å²) in [5.74, 6) is -0.115. The van der Waals surface area contributed by atoms with Gasteiger partial charge in [-0.2, -0.15) is 0 Å². The van der Waals surface area contributed by atoms with E-state index in [9.17, 15) is 4.79 Å². The Labute approximate surface area is 159 Å². The number of rotatable bonds is 4. The van der Waals surface area contributed by atoms with Gasteiger partial charge in [0.2, 0.25) is 0 Å². The lowest BCUT2D eigenvalue weighted by Crippen LogP contribution is -2.46. The number of H-pyrrole nitrogens is 1. The van der Waals surface area contributed by atoms with Crippen molar-refractivity contribution in [1.29, 1.82) is 0 Å². The number of esters is 1. The summed E-state index contributed by atoms with van der Waals surface area (Å²) < 4.78 is 10.2. The maximum Gasteiger partial charge on any atom is 0.337 e. The Hall–Kier alpha value is -2.53. The molecular weight excluding hydrogens is 340 g/mol. The highest BCUT2D eigenvalue weighted by atomic mass is 16.5. The Morgan fingerprint density at radius 2 is 2.15 bits per heavy atom. The number of methoxy groups -OCH3 is 2. The normalized spacial score (nSPS) is 25.6. The van der Waals surface area contributed by atoms with Crippen molar-refractivity contribution in [1.82, 2.24) is 9.88 Å². The maximum atomic E-state index is 12.4. The van der Waals surface area contributed by atoms with Crippen molar-refractivity contribution in [3.05, 3.63) is 60.0 Å². The zero-order valence-corrected chi connectivity index (χ0v) is 15.9. The lowest BCUT2D eigenvalue weighted by molar-refractivity contribution is -0.137. The van der Waals surface area contributed by atoms with E-state index in [1.807, 2.05) is 6.08 Å². The van der Waals surface area contributed by atoms with Crippen LogP contribution in [0.5, 0.6) is 0 Å². The fourth-order valence-electron chi connectivity index (χ4n) is 4.80. The van der Waals surface area contributed by atoms with Crippen molar-refractivity contribution in [2.45, 2.75) is 18.9 Å². The van der Waals surface area contributed by atoms with E-state index in [0.29, 0.717) is 5.57 Å². The van der Waals surface area contributed by atoms with Gasteiger partial charge >= 0.3 is 5.97 Å². The number of nitrogens with zero attached hydrogens (tertiary/aromatic N) is 1. The summed E-state index contributed by atoms with van der Waals surface area (Å²) in [6.45, 7) is 5.93. The molecule has 0 spiro atoms. The van der Waals surface area contributed by atoms with Gasteiger partial charge < -0.3 is 14.5 Å². The van der Waals surface area contributed by atoms with Gasteiger partial charge in [-0.15, -0.1) is 6.58 Å². The van der Waals surface area contributed by atoms with Crippen LogP contribution in [0.1, 0.15) is 23.7 Å². The zero-order valence-electron chi connectivity index (χ0n) is 15.9. The molecule has 1 aromatic heterocycles. The number of benzene rings is 1. The number of ether oxygens (including phenoxy) is 2. The average molecular weight is 366 g/mol. The van der Waals surface area contributed by atoms with Crippen molar-refractivity contribution in [2.75, 3.05) is 27.3 Å². The van der Waals surface area contributed by atoms with Crippen LogP contribution in [-0.4, -0.2) is 43.2 Å². The molecule has 0 amide bonds. The molecule has 27 heavy (non-hydrogen) atoms. The molecule has 2 aliphatic rings. The van der Waals surface area contributed by atoms with Gasteiger partial charge in [0.25, 0.3) is 0 Å². The number of hydrogen-bond donors (Lipinski definition) is 1. The Bertz CT molecular complexity index is 898. The van der Waals surface area contributed by atoms with Crippen LogP contribution in [-0.2, 0) is 20.7 Å². The first kappa shape index (κ1) is 17.9. The number of nitrogens with one attached hydrogen (secondary N) is 1. The number of carbonyl (C=O) groups is 1. The van der Waals surface area contributed by atoms with Gasteiger partial charge in [-0.3, -0.25) is 4.90 Å². The third-order valence-corrected chi connectivity index (χ3v) is 6.08. The summed E-state index contributed by atoms with van der Waals surface area (Å²) in [5, 5.41) is 1.31. The Kier molecular flexibility index (Phi) is 4.79. The van der Waals surface area contributed by atoms with Gasteiger partial charge in [-0.25, -0.2) is 4.79 Å². The van der Waals surface area contributed by atoms with Crippen LogP contribution in [0.2, 0.25) is 0 Å². The fourth-order valence-corrected chi connectivity index (χ4v) is 4.80. The number of piperidine rings is 1. The second kappa shape index (κ2) is 7.24. The molecule has 142 valence electrons. The minimum absolute atomic E-state index is 0.0218. The first-order valence-electron chi connectivity index (χ1n) is 9.45. The van der Waals surface area contributed by atoms with E-state index >= 15 is 0 Å². The molecule has 5 heteroatoms. The van der Waals surface area contributed by atoms with E-state index in [0.717, 1.165) is 25.9 Å².